The lowest BCUT2D eigenvalue weighted by molar-refractivity contribution is -0.143. The maximum absolute atomic E-state index is 13.8. The third kappa shape index (κ3) is 6.42. The number of benzene rings is 1. The molecular weight excluding hydrogens is 306 g/mol. The summed E-state index contributed by atoms with van der Waals surface area (Å²) in [5.41, 5.74) is -0.378. The number of esters is 1. The summed E-state index contributed by atoms with van der Waals surface area (Å²) in [6.07, 6.45) is -0.240. The molecule has 0 amide bonds. The molecule has 0 spiro atoms. The zero-order chi connectivity index (χ0) is 17.4. The summed E-state index contributed by atoms with van der Waals surface area (Å²) in [5.74, 6) is -2.77. The fourth-order valence-corrected chi connectivity index (χ4v) is 1.98. The first-order chi connectivity index (χ1) is 10.8. The SMILES string of the molecule is CCOC(=O)CC(NCCN(C)C)C(=O)c1cc(F)ccc1F. The summed E-state index contributed by atoms with van der Waals surface area (Å²) in [7, 11) is 3.71. The van der Waals surface area contributed by atoms with E-state index < -0.39 is 29.4 Å². The van der Waals surface area contributed by atoms with Gasteiger partial charge in [-0.05, 0) is 39.2 Å². The minimum absolute atomic E-state index is 0.186. The summed E-state index contributed by atoms with van der Waals surface area (Å²) in [4.78, 5) is 26.0. The Bertz CT molecular complexity index is 550. The number of ketones is 1. The topological polar surface area (TPSA) is 58.6 Å². The Morgan fingerprint density at radius 2 is 2.00 bits per heavy atom. The fourth-order valence-electron chi connectivity index (χ4n) is 1.98. The molecule has 0 fully saturated rings. The van der Waals surface area contributed by atoms with Crippen LogP contribution in [0.2, 0.25) is 0 Å². The highest BCUT2D eigenvalue weighted by Crippen LogP contribution is 2.14. The van der Waals surface area contributed by atoms with Crippen LogP contribution in [0.4, 0.5) is 8.78 Å². The molecule has 0 aliphatic rings. The van der Waals surface area contributed by atoms with Crippen molar-refractivity contribution in [1.82, 2.24) is 10.2 Å². The lowest BCUT2D eigenvalue weighted by Crippen LogP contribution is -2.42. The molecule has 0 saturated heterocycles. The van der Waals surface area contributed by atoms with Crippen LogP contribution in [0.25, 0.3) is 0 Å². The Morgan fingerprint density at radius 1 is 1.30 bits per heavy atom. The minimum Gasteiger partial charge on any atom is -0.466 e. The smallest absolute Gasteiger partial charge is 0.307 e. The van der Waals surface area contributed by atoms with Gasteiger partial charge < -0.3 is 15.0 Å². The van der Waals surface area contributed by atoms with Crippen molar-refractivity contribution in [2.75, 3.05) is 33.8 Å². The van der Waals surface area contributed by atoms with Crippen molar-refractivity contribution in [2.24, 2.45) is 0 Å². The molecule has 0 heterocycles. The molecule has 0 aliphatic heterocycles. The van der Waals surface area contributed by atoms with E-state index in [9.17, 15) is 18.4 Å². The van der Waals surface area contributed by atoms with Crippen LogP contribution in [0.3, 0.4) is 0 Å². The highest BCUT2D eigenvalue weighted by molar-refractivity contribution is 6.02. The van der Waals surface area contributed by atoms with Crippen LogP contribution in [0.1, 0.15) is 23.7 Å². The largest absolute Gasteiger partial charge is 0.466 e. The fraction of sp³-hybridized carbons (Fsp3) is 0.500. The molecule has 1 aromatic rings. The lowest BCUT2D eigenvalue weighted by atomic mass is 10.0. The predicted molar refractivity (Wildman–Crippen MR) is 82.3 cm³/mol. The van der Waals surface area contributed by atoms with Gasteiger partial charge in [-0.3, -0.25) is 9.59 Å². The van der Waals surface area contributed by atoms with Crippen molar-refractivity contribution in [3.63, 3.8) is 0 Å². The highest BCUT2D eigenvalue weighted by atomic mass is 19.1. The molecule has 1 atom stereocenters. The number of nitrogens with zero attached hydrogens (tertiary/aromatic N) is 1. The Hall–Kier alpha value is -1.86. The zero-order valence-electron chi connectivity index (χ0n) is 13.6. The third-order valence-electron chi connectivity index (χ3n) is 3.14. The van der Waals surface area contributed by atoms with E-state index in [2.05, 4.69) is 5.32 Å². The molecule has 0 aromatic heterocycles. The molecule has 1 aromatic carbocycles. The molecule has 23 heavy (non-hydrogen) atoms. The quantitative estimate of drug-likeness (QED) is 0.551. The van der Waals surface area contributed by atoms with E-state index in [1.54, 1.807) is 6.92 Å². The first-order valence-corrected chi connectivity index (χ1v) is 7.38. The highest BCUT2D eigenvalue weighted by Gasteiger charge is 2.26. The van der Waals surface area contributed by atoms with E-state index in [1.807, 2.05) is 19.0 Å². The molecule has 7 heteroatoms. The average Bonchev–Trinajstić information content (AvgIpc) is 2.48. The maximum Gasteiger partial charge on any atom is 0.307 e. The number of likely N-dealkylation sites (N-methyl/N-ethyl adjacent to an activating group) is 1. The van der Waals surface area contributed by atoms with E-state index in [0.29, 0.717) is 13.1 Å². The molecule has 0 saturated carbocycles. The van der Waals surface area contributed by atoms with Gasteiger partial charge >= 0.3 is 5.97 Å². The van der Waals surface area contributed by atoms with Gasteiger partial charge in [-0.2, -0.15) is 0 Å². The molecule has 128 valence electrons. The van der Waals surface area contributed by atoms with Gasteiger partial charge in [0.2, 0.25) is 0 Å². The van der Waals surface area contributed by atoms with Gasteiger partial charge in [0.05, 0.1) is 24.6 Å². The van der Waals surface area contributed by atoms with E-state index in [4.69, 9.17) is 4.74 Å². The monoisotopic (exact) mass is 328 g/mol. The Balaban J connectivity index is 2.89. The van der Waals surface area contributed by atoms with E-state index in [0.717, 1.165) is 18.2 Å². The van der Waals surface area contributed by atoms with Gasteiger partial charge in [-0.1, -0.05) is 0 Å². The Morgan fingerprint density at radius 3 is 2.61 bits per heavy atom. The molecule has 0 bridgehead atoms. The molecule has 0 aliphatic carbocycles. The van der Waals surface area contributed by atoms with Crippen LogP contribution in [0, 0.1) is 11.6 Å². The number of Topliss-reactive ketones (excluding diaryl/α,β-unsaturated/α-hetero) is 1. The third-order valence-corrected chi connectivity index (χ3v) is 3.14. The second-order valence-electron chi connectivity index (χ2n) is 5.31. The van der Waals surface area contributed by atoms with Gasteiger partial charge in [0.15, 0.2) is 5.78 Å². The van der Waals surface area contributed by atoms with Gasteiger partial charge in [0.25, 0.3) is 0 Å². The molecule has 5 nitrogen and oxygen atoms in total. The summed E-state index contributed by atoms with van der Waals surface area (Å²) >= 11 is 0. The second-order valence-corrected chi connectivity index (χ2v) is 5.31. The van der Waals surface area contributed by atoms with Gasteiger partial charge in [-0.25, -0.2) is 8.78 Å². The van der Waals surface area contributed by atoms with Gasteiger partial charge in [0.1, 0.15) is 11.6 Å². The first-order valence-electron chi connectivity index (χ1n) is 7.38. The predicted octanol–water partition coefficient (Wildman–Crippen LogP) is 1.62. The molecule has 1 rings (SSSR count). The number of hydrogen-bond acceptors (Lipinski definition) is 5. The number of carbonyl (C=O) groups excluding carboxylic acids is 2. The maximum atomic E-state index is 13.8. The number of hydrogen-bond donors (Lipinski definition) is 1. The van der Waals surface area contributed by atoms with Crippen LogP contribution in [0.15, 0.2) is 18.2 Å². The van der Waals surface area contributed by atoms with Crippen LogP contribution < -0.4 is 5.32 Å². The summed E-state index contributed by atoms with van der Waals surface area (Å²) < 4.78 is 31.9. The number of carbonyl (C=O) groups is 2. The zero-order valence-corrected chi connectivity index (χ0v) is 13.6. The summed E-state index contributed by atoms with van der Waals surface area (Å²) in [6.45, 7) is 2.88. The number of ether oxygens (including phenoxy) is 1. The summed E-state index contributed by atoms with van der Waals surface area (Å²) in [5, 5.41) is 2.90. The second kappa shape index (κ2) is 9.32. The Kier molecular flexibility index (Phi) is 7.77. The van der Waals surface area contributed by atoms with Crippen molar-refractivity contribution in [3.8, 4) is 0 Å². The minimum atomic E-state index is -0.967. The molecular formula is C16H22F2N2O3. The summed E-state index contributed by atoms with van der Waals surface area (Å²) in [6, 6.07) is 1.70. The first kappa shape index (κ1) is 19.2. The number of rotatable bonds is 9. The Labute approximate surface area is 134 Å². The molecule has 1 unspecified atom stereocenters. The average molecular weight is 328 g/mol. The standard InChI is InChI=1S/C16H22F2N2O3/c1-4-23-15(21)10-14(19-7-8-20(2)3)16(22)12-9-11(17)5-6-13(12)18/h5-6,9,14,19H,4,7-8,10H2,1-3H3. The van der Waals surface area contributed by atoms with Crippen LogP contribution in [-0.4, -0.2) is 56.5 Å². The van der Waals surface area contributed by atoms with E-state index in [-0.39, 0.29) is 18.6 Å². The lowest BCUT2D eigenvalue weighted by Gasteiger charge is -2.19. The molecule has 0 radical (unpaired) electrons. The normalized spacial score (nSPS) is 12.3. The number of nitrogens with one attached hydrogen (secondary N) is 1. The molecule has 1 N–H and O–H groups in total. The van der Waals surface area contributed by atoms with Gasteiger partial charge in [-0.15, -0.1) is 0 Å². The van der Waals surface area contributed by atoms with Gasteiger partial charge in [0, 0.05) is 13.1 Å². The van der Waals surface area contributed by atoms with Crippen molar-refractivity contribution >= 4 is 11.8 Å². The van der Waals surface area contributed by atoms with E-state index >= 15 is 0 Å². The van der Waals surface area contributed by atoms with Crippen LogP contribution in [0.5, 0.6) is 0 Å². The number of halogens is 2. The van der Waals surface area contributed by atoms with Crippen molar-refractivity contribution in [2.45, 2.75) is 19.4 Å². The van der Waals surface area contributed by atoms with Crippen LogP contribution >= 0.6 is 0 Å². The van der Waals surface area contributed by atoms with Crippen molar-refractivity contribution in [1.29, 1.82) is 0 Å². The van der Waals surface area contributed by atoms with Crippen molar-refractivity contribution in [3.05, 3.63) is 35.4 Å². The van der Waals surface area contributed by atoms with Crippen molar-refractivity contribution < 1.29 is 23.1 Å². The van der Waals surface area contributed by atoms with Crippen LogP contribution in [-0.2, 0) is 9.53 Å². The van der Waals surface area contributed by atoms with E-state index in [1.165, 1.54) is 0 Å².